The number of hydrogen-bond acceptors (Lipinski definition) is 1. The number of halogens is 1. The topological polar surface area (TPSA) is 40.9 Å². The number of allylic oxidation sites excluding steroid dienone is 4. The highest BCUT2D eigenvalue weighted by Gasteiger charge is 2.25. The van der Waals surface area contributed by atoms with E-state index in [9.17, 15) is 4.79 Å². The molecule has 0 saturated heterocycles. The Kier molecular flexibility index (Phi) is 3.22. The minimum atomic E-state index is -0.670. The van der Waals surface area contributed by atoms with Gasteiger partial charge in [0, 0.05) is 5.57 Å². The van der Waals surface area contributed by atoms with Crippen molar-refractivity contribution in [2.45, 2.75) is 11.2 Å². The SMILES string of the molecule is C=C1C(c2cccc3c2C=CC3)=C(C([NH])=O)C=CC1Br. The van der Waals surface area contributed by atoms with Crippen LogP contribution in [0.2, 0.25) is 0 Å². The summed E-state index contributed by atoms with van der Waals surface area (Å²) < 4.78 is 0. The van der Waals surface area contributed by atoms with Gasteiger partial charge >= 0.3 is 0 Å². The minimum Gasteiger partial charge on any atom is -0.267 e. The van der Waals surface area contributed by atoms with Gasteiger partial charge in [-0.3, -0.25) is 10.5 Å². The van der Waals surface area contributed by atoms with E-state index in [4.69, 9.17) is 5.73 Å². The van der Waals surface area contributed by atoms with Crippen LogP contribution in [0.3, 0.4) is 0 Å². The Labute approximate surface area is 126 Å². The molecule has 2 nitrogen and oxygen atoms in total. The van der Waals surface area contributed by atoms with E-state index >= 15 is 0 Å². The standard InChI is InChI=1S/C17H13BrNO/c1-10-15(18)9-8-14(17(19)20)16(10)13-7-3-5-11-4-2-6-12(11)13/h2-3,5-9,15,19H,1,4H2. The van der Waals surface area contributed by atoms with Crippen molar-refractivity contribution >= 4 is 33.5 Å². The number of carbonyl (C=O) groups is 1. The highest BCUT2D eigenvalue weighted by atomic mass is 79.9. The van der Waals surface area contributed by atoms with Gasteiger partial charge in [0.1, 0.15) is 0 Å². The van der Waals surface area contributed by atoms with Crippen molar-refractivity contribution in [3.63, 3.8) is 0 Å². The van der Waals surface area contributed by atoms with Gasteiger partial charge in [0.15, 0.2) is 0 Å². The second kappa shape index (κ2) is 4.91. The fourth-order valence-electron chi connectivity index (χ4n) is 2.71. The molecular weight excluding hydrogens is 314 g/mol. The molecule has 0 heterocycles. The maximum Gasteiger partial charge on any atom is 0.270 e. The fourth-order valence-corrected chi connectivity index (χ4v) is 3.09. The van der Waals surface area contributed by atoms with Gasteiger partial charge in [-0.1, -0.05) is 65.0 Å². The first-order chi connectivity index (χ1) is 9.59. The number of alkyl halides is 1. The highest BCUT2D eigenvalue weighted by Crippen LogP contribution is 2.39. The Morgan fingerprint density at radius 2 is 2.15 bits per heavy atom. The van der Waals surface area contributed by atoms with E-state index in [2.05, 4.69) is 40.7 Å². The molecule has 0 spiro atoms. The van der Waals surface area contributed by atoms with Gasteiger partial charge in [-0.05, 0) is 34.3 Å². The van der Waals surface area contributed by atoms with Crippen LogP contribution in [0.1, 0.15) is 16.7 Å². The smallest absolute Gasteiger partial charge is 0.267 e. The lowest BCUT2D eigenvalue weighted by Gasteiger charge is -2.22. The number of benzene rings is 1. The van der Waals surface area contributed by atoms with Crippen molar-refractivity contribution in [2.24, 2.45) is 0 Å². The Hall–Kier alpha value is -1.87. The summed E-state index contributed by atoms with van der Waals surface area (Å²) in [4.78, 5) is 11.6. The molecule has 1 unspecified atom stereocenters. The van der Waals surface area contributed by atoms with Gasteiger partial charge in [-0.15, -0.1) is 0 Å². The zero-order valence-corrected chi connectivity index (χ0v) is 12.4. The molecule has 3 heteroatoms. The van der Waals surface area contributed by atoms with Crippen LogP contribution in [0.15, 0.2) is 54.2 Å². The summed E-state index contributed by atoms with van der Waals surface area (Å²) >= 11 is 3.54. The second-order valence-electron chi connectivity index (χ2n) is 4.89. The molecule has 0 fully saturated rings. The third-order valence-electron chi connectivity index (χ3n) is 3.69. The summed E-state index contributed by atoms with van der Waals surface area (Å²) in [6.07, 6.45) is 8.69. The van der Waals surface area contributed by atoms with E-state index in [-0.39, 0.29) is 4.83 Å². The fraction of sp³-hybridized carbons (Fsp3) is 0.118. The van der Waals surface area contributed by atoms with Gasteiger partial charge in [0.25, 0.3) is 5.91 Å². The van der Waals surface area contributed by atoms with Crippen LogP contribution in [0.4, 0.5) is 0 Å². The molecular formula is C17H13BrNO. The quantitative estimate of drug-likeness (QED) is 0.764. The van der Waals surface area contributed by atoms with Gasteiger partial charge in [0.05, 0.1) is 4.83 Å². The van der Waals surface area contributed by atoms with Gasteiger partial charge in [-0.2, -0.15) is 0 Å². The summed E-state index contributed by atoms with van der Waals surface area (Å²) in [5.74, 6) is -0.670. The van der Waals surface area contributed by atoms with Crippen molar-refractivity contribution in [1.82, 2.24) is 5.73 Å². The van der Waals surface area contributed by atoms with E-state index in [1.807, 2.05) is 18.2 Å². The molecule has 20 heavy (non-hydrogen) atoms. The monoisotopic (exact) mass is 326 g/mol. The van der Waals surface area contributed by atoms with Crippen LogP contribution in [-0.2, 0) is 11.2 Å². The summed E-state index contributed by atoms with van der Waals surface area (Å²) in [5.41, 5.74) is 12.9. The van der Waals surface area contributed by atoms with Gasteiger partial charge in [-0.25, -0.2) is 0 Å². The molecule has 2 aliphatic rings. The maximum absolute atomic E-state index is 11.6. The first-order valence-electron chi connectivity index (χ1n) is 6.40. The molecule has 99 valence electrons. The van der Waals surface area contributed by atoms with Crippen LogP contribution in [0, 0.1) is 0 Å². The zero-order valence-electron chi connectivity index (χ0n) is 10.8. The van der Waals surface area contributed by atoms with Crippen LogP contribution in [0.5, 0.6) is 0 Å². The van der Waals surface area contributed by atoms with E-state index in [0.29, 0.717) is 5.57 Å². The molecule has 1 radical (unpaired) electrons. The lowest BCUT2D eigenvalue weighted by atomic mass is 9.85. The van der Waals surface area contributed by atoms with Crippen molar-refractivity contribution < 1.29 is 4.79 Å². The number of rotatable bonds is 2. The average molecular weight is 327 g/mol. The molecule has 1 N–H and O–H groups in total. The van der Waals surface area contributed by atoms with E-state index in [0.717, 1.165) is 28.7 Å². The van der Waals surface area contributed by atoms with E-state index in [1.165, 1.54) is 5.56 Å². The number of carbonyl (C=O) groups excluding carboxylic acids is 1. The number of hydrogen-bond donors (Lipinski definition) is 0. The summed E-state index contributed by atoms with van der Waals surface area (Å²) in [7, 11) is 0. The van der Waals surface area contributed by atoms with Crippen molar-refractivity contribution in [2.75, 3.05) is 0 Å². The second-order valence-corrected chi connectivity index (χ2v) is 5.88. The highest BCUT2D eigenvalue weighted by molar-refractivity contribution is 9.09. The summed E-state index contributed by atoms with van der Waals surface area (Å²) in [6.45, 7) is 4.10. The molecule has 0 aliphatic heterocycles. The minimum absolute atomic E-state index is 0.00170. The maximum atomic E-state index is 11.6. The van der Waals surface area contributed by atoms with Crippen LogP contribution < -0.4 is 5.73 Å². The summed E-state index contributed by atoms with van der Waals surface area (Å²) in [5, 5.41) is 0. The molecule has 2 aliphatic carbocycles. The van der Waals surface area contributed by atoms with Gasteiger partial charge in [0.2, 0.25) is 0 Å². The molecule has 1 amide bonds. The lowest BCUT2D eigenvalue weighted by Crippen LogP contribution is -2.14. The van der Waals surface area contributed by atoms with E-state index < -0.39 is 5.91 Å². The molecule has 0 saturated carbocycles. The Bertz CT molecular complexity index is 710. The third-order valence-corrected chi connectivity index (χ3v) is 4.55. The van der Waals surface area contributed by atoms with Crippen molar-refractivity contribution in [1.29, 1.82) is 0 Å². The Morgan fingerprint density at radius 1 is 1.35 bits per heavy atom. The molecule has 1 aromatic rings. The predicted octanol–water partition coefficient (Wildman–Crippen LogP) is 3.71. The Balaban J connectivity index is 2.27. The number of nitrogens with one attached hydrogen (secondary N) is 1. The largest absolute Gasteiger partial charge is 0.270 e. The first-order valence-corrected chi connectivity index (χ1v) is 7.31. The van der Waals surface area contributed by atoms with Crippen LogP contribution in [0.25, 0.3) is 11.6 Å². The number of amides is 1. The molecule has 3 rings (SSSR count). The summed E-state index contributed by atoms with van der Waals surface area (Å²) in [6, 6.07) is 6.08. The number of fused-ring (bicyclic) bond motifs is 1. The van der Waals surface area contributed by atoms with Gasteiger partial charge < -0.3 is 0 Å². The average Bonchev–Trinajstić information content (AvgIpc) is 2.89. The predicted molar refractivity (Wildman–Crippen MR) is 85.2 cm³/mol. The van der Waals surface area contributed by atoms with Crippen LogP contribution >= 0.6 is 15.9 Å². The molecule has 0 aromatic heterocycles. The Morgan fingerprint density at radius 3 is 2.90 bits per heavy atom. The molecule has 0 bridgehead atoms. The zero-order chi connectivity index (χ0) is 14.3. The molecule has 1 atom stereocenters. The van der Waals surface area contributed by atoms with E-state index in [1.54, 1.807) is 6.08 Å². The lowest BCUT2D eigenvalue weighted by molar-refractivity contribution is -0.114. The molecule has 1 aromatic carbocycles. The third kappa shape index (κ3) is 1.98. The first kappa shape index (κ1) is 13.1. The van der Waals surface area contributed by atoms with Crippen LogP contribution in [-0.4, -0.2) is 10.7 Å². The van der Waals surface area contributed by atoms with Crippen molar-refractivity contribution in [3.8, 4) is 0 Å². The van der Waals surface area contributed by atoms with Crippen molar-refractivity contribution in [3.05, 3.63) is 70.8 Å². The normalized spacial score (nSPS) is 20.4.